The first-order valence-electron chi connectivity index (χ1n) is 14.1. The summed E-state index contributed by atoms with van der Waals surface area (Å²) in [6.45, 7) is 0. The standard InChI is InChI=1S/C17H13N3.C16H11N3.CH3F.CH3I.Na.H/c1-20-11-16(15-6-3-8-19-17(15)20)14-5-2-4-12-10-18-9-7-13(12)14;1-3-11-9-17-8-6-12(11)13(4-1)15-10-19-16-14(15)5-2-7-18-16;2*1-2;;/h2-11H,1H3;1-10H,(H,18,19);2*1H3;;/q;;;;+1;-1/i;;1D;;;. The van der Waals surface area contributed by atoms with Gasteiger partial charge in [-0.15, -0.1) is 0 Å². The molecule has 8 rings (SSSR count). The van der Waals surface area contributed by atoms with E-state index in [2.05, 4.69) is 119 Å². The molecule has 0 bridgehead atoms. The first kappa shape index (κ1) is 31.7. The Labute approximate surface area is 294 Å². The molecule has 0 saturated carbocycles. The molecule has 0 unspecified atom stereocenters. The Hall–Kier alpha value is -3.70. The number of hydrogen-bond donors (Lipinski definition) is 1. The number of aromatic nitrogens is 6. The fourth-order valence-corrected chi connectivity index (χ4v) is 5.32. The van der Waals surface area contributed by atoms with Crippen LogP contribution in [0.3, 0.4) is 0 Å². The van der Waals surface area contributed by atoms with Crippen molar-refractivity contribution in [2.24, 2.45) is 7.05 Å². The number of aryl methyl sites for hydroxylation is 1. The largest absolute Gasteiger partial charge is 1.00 e. The van der Waals surface area contributed by atoms with E-state index in [-0.39, 0.29) is 31.0 Å². The number of pyridine rings is 4. The summed E-state index contributed by atoms with van der Waals surface area (Å²) in [5.41, 5.74) is 6.76. The van der Waals surface area contributed by atoms with Crippen LogP contribution in [-0.4, -0.2) is 41.6 Å². The Morgan fingerprint density at radius 1 is 0.705 bits per heavy atom. The van der Waals surface area contributed by atoms with E-state index in [9.17, 15) is 4.39 Å². The number of rotatable bonds is 2. The van der Waals surface area contributed by atoms with Gasteiger partial charge in [-0.3, -0.25) is 14.4 Å². The minimum atomic E-state index is -1.00. The van der Waals surface area contributed by atoms with Crippen LogP contribution in [0.15, 0.2) is 122 Å². The van der Waals surface area contributed by atoms with Crippen LogP contribution in [0.5, 0.6) is 0 Å². The van der Waals surface area contributed by atoms with Gasteiger partial charge in [0.25, 0.3) is 0 Å². The first-order valence-corrected chi connectivity index (χ1v) is 15.6. The van der Waals surface area contributed by atoms with Gasteiger partial charge in [0.05, 0.1) is 8.52 Å². The summed E-state index contributed by atoms with van der Waals surface area (Å²) in [5, 5.41) is 7.07. The molecule has 1 N–H and O–H groups in total. The zero-order valence-electron chi connectivity index (χ0n) is 26.7. The summed E-state index contributed by atoms with van der Waals surface area (Å²) in [7, 11) is 1.03. The van der Waals surface area contributed by atoms with E-state index < -0.39 is 7.15 Å². The summed E-state index contributed by atoms with van der Waals surface area (Å²) < 4.78 is 17.6. The second kappa shape index (κ2) is 15.9. The molecule has 44 heavy (non-hydrogen) atoms. The van der Waals surface area contributed by atoms with Crippen LogP contribution in [0.2, 0.25) is 0 Å². The molecule has 6 aromatic heterocycles. The van der Waals surface area contributed by atoms with Gasteiger partial charge in [0, 0.05) is 89.3 Å². The maximum Gasteiger partial charge on any atom is 1.00 e. The van der Waals surface area contributed by atoms with Gasteiger partial charge in [-0.05, 0) is 63.2 Å². The van der Waals surface area contributed by atoms with Gasteiger partial charge in [-0.25, -0.2) is 9.97 Å². The minimum absolute atomic E-state index is 0. The molecule has 9 heteroatoms. The van der Waals surface area contributed by atoms with Crippen molar-refractivity contribution >= 4 is 66.2 Å². The zero-order chi connectivity index (χ0) is 30.9. The average Bonchev–Trinajstić information content (AvgIpc) is 3.67. The molecule has 6 nitrogen and oxygen atoms in total. The number of benzene rings is 2. The van der Waals surface area contributed by atoms with Crippen molar-refractivity contribution in [2.75, 3.05) is 12.1 Å². The topological polar surface area (TPSA) is 72.3 Å². The number of alkyl halides is 2. The molecule has 0 aliphatic carbocycles. The summed E-state index contributed by atoms with van der Waals surface area (Å²) >= 11 is 2.15. The van der Waals surface area contributed by atoms with E-state index in [1.807, 2.05) is 61.3 Å². The summed E-state index contributed by atoms with van der Waals surface area (Å²) in [6.07, 6.45) is 15.3. The smallest absolute Gasteiger partial charge is 1.00 e. The Bertz CT molecular complexity index is 2140. The van der Waals surface area contributed by atoms with Crippen LogP contribution in [-0.2, 0) is 7.05 Å². The normalized spacial score (nSPS) is 10.5. The van der Waals surface area contributed by atoms with Crippen LogP contribution in [0, 0.1) is 0 Å². The molecule has 0 saturated heterocycles. The van der Waals surface area contributed by atoms with Gasteiger partial charge in [0.1, 0.15) is 11.3 Å². The maximum absolute atomic E-state index is 9.96. The number of aromatic amines is 1. The molecule has 2 aromatic carbocycles. The molecule has 0 spiro atoms. The van der Waals surface area contributed by atoms with Crippen molar-refractivity contribution in [1.82, 2.24) is 29.5 Å². The fourth-order valence-electron chi connectivity index (χ4n) is 5.32. The summed E-state index contributed by atoms with van der Waals surface area (Å²) in [4.78, 5) is 22.4. The first-order chi connectivity index (χ1) is 21.7. The molecule has 6 heterocycles. The van der Waals surface area contributed by atoms with Crippen molar-refractivity contribution in [1.29, 1.82) is 0 Å². The van der Waals surface area contributed by atoms with E-state index in [0.717, 1.165) is 27.5 Å². The molecule has 216 valence electrons. The third-order valence-electron chi connectivity index (χ3n) is 7.13. The molecule has 0 amide bonds. The van der Waals surface area contributed by atoms with E-state index in [1.165, 1.54) is 38.4 Å². The Kier molecular flexibility index (Phi) is 11.4. The van der Waals surface area contributed by atoms with Gasteiger partial charge in [0.2, 0.25) is 0 Å². The third-order valence-corrected chi connectivity index (χ3v) is 7.13. The zero-order valence-corrected chi connectivity index (χ0v) is 28.9. The molecular formula is C35H31FIN6Na. The number of H-pyrrole nitrogens is 1. The summed E-state index contributed by atoms with van der Waals surface area (Å²) in [5.74, 6) is 0. The number of fused-ring (bicyclic) bond motifs is 4. The number of halogens is 2. The van der Waals surface area contributed by atoms with Gasteiger partial charge in [-0.1, -0.05) is 59.0 Å². The Morgan fingerprint density at radius 3 is 1.91 bits per heavy atom. The van der Waals surface area contributed by atoms with E-state index in [4.69, 9.17) is 1.37 Å². The van der Waals surface area contributed by atoms with Gasteiger partial charge in [0.15, 0.2) is 0 Å². The molecule has 0 radical (unpaired) electrons. The van der Waals surface area contributed by atoms with Gasteiger partial charge >= 0.3 is 29.6 Å². The molecule has 0 aliphatic rings. The van der Waals surface area contributed by atoms with E-state index >= 15 is 0 Å². The monoisotopic (exact) mass is 705 g/mol. The van der Waals surface area contributed by atoms with E-state index in [0.29, 0.717) is 0 Å². The third kappa shape index (κ3) is 6.68. The fraction of sp³-hybridized carbons (Fsp3) is 0.0857. The molecule has 8 aromatic rings. The summed E-state index contributed by atoms with van der Waals surface area (Å²) in [6, 6.07) is 24.9. The van der Waals surface area contributed by atoms with Crippen molar-refractivity contribution in [3.63, 3.8) is 0 Å². The van der Waals surface area contributed by atoms with Crippen LogP contribution < -0.4 is 29.6 Å². The van der Waals surface area contributed by atoms with Crippen LogP contribution >= 0.6 is 22.6 Å². The van der Waals surface area contributed by atoms with Gasteiger partial charge < -0.3 is 11.0 Å². The number of hydrogen-bond acceptors (Lipinski definition) is 4. The average molecular weight is 706 g/mol. The second-order valence-electron chi connectivity index (χ2n) is 9.43. The molecule has 0 aliphatic heterocycles. The van der Waals surface area contributed by atoms with Gasteiger partial charge in [-0.2, -0.15) is 0 Å². The maximum atomic E-state index is 9.96. The van der Waals surface area contributed by atoms with E-state index in [1.54, 1.807) is 6.20 Å². The predicted octanol–water partition coefficient (Wildman–Crippen LogP) is 6.32. The molecular weight excluding hydrogens is 673 g/mol. The van der Waals surface area contributed by atoms with Crippen LogP contribution in [0.4, 0.5) is 4.39 Å². The Morgan fingerprint density at radius 2 is 1.27 bits per heavy atom. The molecule has 0 atom stereocenters. The quantitative estimate of drug-likeness (QED) is 0.130. The predicted molar refractivity (Wildman–Crippen MR) is 186 cm³/mol. The molecule has 0 fully saturated rings. The van der Waals surface area contributed by atoms with Crippen molar-refractivity contribution < 1.29 is 36.7 Å². The van der Waals surface area contributed by atoms with Crippen molar-refractivity contribution in [3.8, 4) is 22.3 Å². The van der Waals surface area contributed by atoms with Crippen LogP contribution in [0.25, 0.3) is 65.9 Å². The Balaban J connectivity index is 0.000000212. The minimum Gasteiger partial charge on any atom is -1.00 e. The second-order valence-corrected chi connectivity index (χ2v) is 9.43. The number of nitrogens with zero attached hydrogens (tertiary/aromatic N) is 5. The van der Waals surface area contributed by atoms with Crippen molar-refractivity contribution in [2.45, 2.75) is 0 Å². The van der Waals surface area contributed by atoms with Crippen molar-refractivity contribution in [3.05, 3.63) is 122 Å². The SMILES string of the molecule is CI.Cn1cc(-c2cccc3cnccc23)c2cccnc21.[2H]CF.[H-].[Na+].c1cc(-c2c[nH]c3ncccc23)c2ccncc2c1. The van der Waals surface area contributed by atoms with Crippen LogP contribution in [0.1, 0.15) is 2.80 Å². The number of nitrogens with one attached hydrogen (secondary N) is 1.